The third-order valence-corrected chi connectivity index (χ3v) is 4.59. The highest BCUT2D eigenvalue weighted by Gasteiger charge is 2.11. The van der Waals surface area contributed by atoms with E-state index in [2.05, 4.69) is 22.0 Å². The first-order valence-corrected chi connectivity index (χ1v) is 7.54. The molecule has 0 spiro atoms. The number of hydrogen-bond acceptors (Lipinski definition) is 1. The van der Waals surface area contributed by atoms with Crippen molar-refractivity contribution in [2.75, 3.05) is 0 Å². The smallest absolute Gasteiger partial charge is 0.0624 e. The maximum absolute atomic E-state index is 6.20. The van der Waals surface area contributed by atoms with Crippen LogP contribution in [0.4, 0.5) is 0 Å². The second-order valence-corrected chi connectivity index (χ2v) is 6.11. The SMILES string of the molecule is NC(Cc1ccccc1Br)Cc1cccc(Cl)c1Cl. The minimum absolute atomic E-state index is 0.00895. The van der Waals surface area contributed by atoms with Gasteiger partial charge in [-0.25, -0.2) is 0 Å². The van der Waals surface area contributed by atoms with Crippen molar-refractivity contribution >= 4 is 39.1 Å². The summed E-state index contributed by atoms with van der Waals surface area (Å²) >= 11 is 15.7. The minimum atomic E-state index is 0.00895. The summed E-state index contributed by atoms with van der Waals surface area (Å²) in [5, 5.41) is 1.18. The predicted molar refractivity (Wildman–Crippen MR) is 86.0 cm³/mol. The zero-order chi connectivity index (χ0) is 13.8. The summed E-state index contributed by atoms with van der Waals surface area (Å²) < 4.78 is 1.09. The van der Waals surface area contributed by atoms with Crippen LogP contribution in [0.25, 0.3) is 0 Å². The van der Waals surface area contributed by atoms with Crippen molar-refractivity contribution < 1.29 is 0 Å². The first kappa shape index (κ1) is 14.9. The van der Waals surface area contributed by atoms with E-state index >= 15 is 0 Å². The van der Waals surface area contributed by atoms with Gasteiger partial charge in [0.25, 0.3) is 0 Å². The van der Waals surface area contributed by atoms with Crippen LogP contribution in [0.2, 0.25) is 10.0 Å². The molecule has 1 atom stereocenters. The average Bonchev–Trinajstić information content (AvgIpc) is 2.38. The Morgan fingerprint density at radius 3 is 2.32 bits per heavy atom. The second-order valence-electron chi connectivity index (χ2n) is 4.47. The molecule has 0 aliphatic carbocycles. The Kier molecular flexibility index (Phi) is 5.28. The molecule has 4 heteroatoms. The van der Waals surface area contributed by atoms with Gasteiger partial charge in [-0.15, -0.1) is 0 Å². The summed E-state index contributed by atoms with van der Waals surface area (Å²) in [6, 6.07) is 13.8. The molecule has 0 saturated heterocycles. The van der Waals surface area contributed by atoms with Crippen LogP contribution in [0.1, 0.15) is 11.1 Å². The molecule has 0 saturated carbocycles. The molecule has 0 radical (unpaired) electrons. The van der Waals surface area contributed by atoms with E-state index in [4.69, 9.17) is 28.9 Å². The summed E-state index contributed by atoms with van der Waals surface area (Å²) in [6.07, 6.45) is 1.50. The van der Waals surface area contributed by atoms with Gasteiger partial charge < -0.3 is 5.73 Å². The molecular formula is C15H14BrCl2N. The molecule has 0 heterocycles. The molecule has 2 N–H and O–H groups in total. The van der Waals surface area contributed by atoms with E-state index in [0.29, 0.717) is 16.5 Å². The first-order chi connectivity index (χ1) is 9.08. The van der Waals surface area contributed by atoms with E-state index in [-0.39, 0.29) is 6.04 Å². The summed E-state index contributed by atoms with van der Waals surface area (Å²) in [6.45, 7) is 0. The lowest BCUT2D eigenvalue weighted by Crippen LogP contribution is -2.25. The van der Waals surface area contributed by atoms with Gasteiger partial charge in [0, 0.05) is 10.5 Å². The van der Waals surface area contributed by atoms with Gasteiger partial charge >= 0.3 is 0 Å². The fourth-order valence-electron chi connectivity index (χ4n) is 2.01. The molecule has 0 aliphatic rings. The van der Waals surface area contributed by atoms with Gasteiger partial charge in [-0.05, 0) is 36.1 Å². The summed E-state index contributed by atoms with van der Waals surface area (Å²) in [7, 11) is 0. The Hall–Kier alpha value is -0.540. The zero-order valence-electron chi connectivity index (χ0n) is 10.2. The van der Waals surface area contributed by atoms with Crippen molar-refractivity contribution in [2.45, 2.75) is 18.9 Å². The average molecular weight is 359 g/mol. The van der Waals surface area contributed by atoms with E-state index < -0.39 is 0 Å². The largest absolute Gasteiger partial charge is 0.327 e. The Morgan fingerprint density at radius 1 is 0.947 bits per heavy atom. The summed E-state index contributed by atoms with van der Waals surface area (Å²) in [5.74, 6) is 0. The highest BCUT2D eigenvalue weighted by atomic mass is 79.9. The van der Waals surface area contributed by atoms with Crippen LogP contribution in [0.3, 0.4) is 0 Å². The molecule has 0 bridgehead atoms. The normalized spacial score (nSPS) is 12.4. The van der Waals surface area contributed by atoms with Gasteiger partial charge in [0.2, 0.25) is 0 Å². The number of hydrogen-bond donors (Lipinski definition) is 1. The van der Waals surface area contributed by atoms with Crippen LogP contribution in [0, 0.1) is 0 Å². The molecule has 0 aromatic heterocycles. The highest BCUT2D eigenvalue weighted by Crippen LogP contribution is 2.27. The minimum Gasteiger partial charge on any atom is -0.327 e. The highest BCUT2D eigenvalue weighted by molar-refractivity contribution is 9.10. The van der Waals surface area contributed by atoms with Crippen LogP contribution in [-0.4, -0.2) is 6.04 Å². The maximum atomic E-state index is 6.20. The molecule has 0 aliphatic heterocycles. The topological polar surface area (TPSA) is 26.0 Å². The molecule has 0 fully saturated rings. The van der Waals surface area contributed by atoms with Gasteiger partial charge in [0.05, 0.1) is 10.0 Å². The molecule has 2 aromatic rings. The van der Waals surface area contributed by atoms with Gasteiger partial charge in [0.1, 0.15) is 0 Å². The van der Waals surface area contributed by atoms with Crippen LogP contribution in [-0.2, 0) is 12.8 Å². The first-order valence-electron chi connectivity index (χ1n) is 6.00. The lowest BCUT2D eigenvalue weighted by molar-refractivity contribution is 0.663. The van der Waals surface area contributed by atoms with E-state index in [0.717, 1.165) is 16.5 Å². The van der Waals surface area contributed by atoms with Gasteiger partial charge in [-0.1, -0.05) is 69.5 Å². The molecule has 0 amide bonds. The lowest BCUT2D eigenvalue weighted by atomic mass is 10.00. The zero-order valence-corrected chi connectivity index (χ0v) is 13.3. The van der Waals surface area contributed by atoms with E-state index in [1.54, 1.807) is 6.07 Å². The fraction of sp³-hybridized carbons (Fsp3) is 0.200. The van der Waals surface area contributed by atoms with Crippen molar-refractivity contribution in [3.8, 4) is 0 Å². The molecular weight excluding hydrogens is 345 g/mol. The standard InChI is InChI=1S/C15H14BrCl2N/c16-13-6-2-1-4-10(13)8-12(19)9-11-5-3-7-14(17)15(11)18/h1-7,12H,8-9,19H2. The van der Waals surface area contributed by atoms with E-state index in [1.165, 1.54) is 5.56 Å². The molecule has 19 heavy (non-hydrogen) atoms. The monoisotopic (exact) mass is 357 g/mol. The Morgan fingerprint density at radius 2 is 1.58 bits per heavy atom. The molecule has 100 valence electrons. The van der Waals surface area contributed by atoms with Gasteiger partial charge in [-0.2, -0.15) is 0 Å². The Labute approximate surface area is 131 Å². The predicted octanol–water partition coefficient (Wildman–Crippen LogP) is 4.87. The number of rotatable bonds is 4. The number of nitrogens with two attached hydrogens (primary N) is 1. The maximum Gasteiger partial charge on any atom is 0.0624 e. The van der Waals surface area contributed by atoms with Crippen molar-refractivity contribution in [2.24, 2.45) is 5.73 Å². The molecule has 2 rings (SSSR count). The third-order valence-electron chi connectivity index (χ3n) is 2.95. The van der Waals surface area contributed by atoms with Crippen LogP contribution in [0.5, 0.6) is 0 Å². The lowest BCUT2D eigenvalue weighted by Gasteiger charge is -2.14. The molecule has 1 unspecified atom stereocenters. The Bertz CT molecular complexity index is 572. The summed E-state index contributed by atoms with van der Waals surface area (Å²) in [4.78, 5) is 0. The van der Waals surface area contributed by atoms with Crippen LogP contribution in [0.15, 0.2) is 46.9 Å². The quantitative estimate of drug-likeness (QED) is 0.828. The van der Waals surface area contributed by atoms with Gasteiger partial charge in [0.15, 0.2) is 0 Å². The van der Waals surface area contributed by atoms with Crippen LogP contribution < -0.4 is 5.73 Å². The van der Waals surface area contributed by atoms with E-state index in [9.17, 15) is 0 Å². The van der Waals surface area contributed by atoms with Gasteiger partial charge in [-0.3, -0.25) is 0 Å². The van der Waals surface area contributed by atoms with Crippen molar-refractivity contribution in [3.05, 3.63) is 68.1 Å². The fourth-order valence-corrected chi connectivity index (χ4v) is 2.85. The second kappa shape index (κ2) is 6.76. The summed E-state index contributed by atoms with van der Waals surface area (Å²) in [5.41, 5.74) is 8.40. The van der Waals surface area contributed by atoms with Crippen LogP contribution >= 0.6 is 39.1 Å². The molecule has 1 nitrogen and oxygen atoms in total. The number of benzene rings is 2. The molecule has 2 aromatic carbocycles. The van der Waals surface area contributed by atoms with Crippen molar-refractivity contribution in [3.63, 3.8) is 0 Å². The Balaban J connectivity index is 2.08. The van der Waals surface area contributed by atoms with E-state index in [1.807, 2.05) is 30.3 Å². The third kappa shape index (κ3) is 3.96. The number of halogens is 3. The van der Waals surface area contributed by atoms with Crippen molar-refractivity contribution in [1.82, 2.24) is 0 Å². The van der Waals surface area contributed by atoms with Crippen molar-refractivity contribution in [1.29, 1.82) is 0 Å².